The summed E-state index contributed by atoms with van der Waals surface area (Å²) in [7, 11) is 0. The third-order valence-electron chi connectivity index (χ3n) is 7.81. The van der Waals surface area contributed by atoms with E-state index >= 15 is 0 Å². The van der Waals surface area contributed by atoms with Gasteiger partial charge in [-0.05, 0) is 62.3 Å². The molecule has 2 saturated heterocycles. The Balaban J connectivity index is 1.16. The second-order valence-corrected chi connectivity index (χ2v) is 9.59. The Bertz CT molecular complexity index is 981. The summed E-state index contributed by atoms with van der Waals surface area (Å²) < 4.78 is 16.8. The van der Waals surface area contributed by atoms with Gasteiger partial charge < -0.3 is 14.2 Å². The number of ether oxygens (including phenoxy) is 3. The third kappa shape index (κ3) is 3.71. The molecule has 6 rings (SSSR count). The molecule has 1 amide bonds. The fraction of sp³-hybridized carbons (Fsp3) is 0.500. The number of piperidine rings is 2. The van der Waals surface area contributed by atoms with Crippen LogP contribution in [0.4, 0.5) is 10.5 Å². The monoisotopic (exact) mass is 434 g/mol. The molecule has 1 aliphatic carbocycles. The van der Waals surface area contributed by atoms with Gasteiger partial charge in [0.1, 0.15) is 6.10 Å². The van der Waals surface area contributed by atoms with Crippen molar-refractivity contribution in [2.45, 2.75) is 56.7 Å². The zero-order valence-electron chi connectivity index (χ0n) is 18.2. The molecule has 0 radical (unpaired) electrons. The zero-order chi connectivity index (χ0) is 21.5. The highest BCUT2D eigenvalue weighted by Gasteiger charge is 2.52. The normalized spacial score (nSPS) is 30.6. The minimum atomic E-state index is -0.372. The molecule has 1 saturated carbocycles. The highest BCUT2D eigenvalue weighted by Crippen LogP contribution is 2.49. The van der Waals surface area contributed by atoms with Crippen LogP contribution in [0.2, 0.25) is 0 Å². The standard InChI is InChI=1S/C26H30N2O4/c29-26(27-19-9-10-23-25(15-19)31-16-30-23)32-24-14-18-13-20(24)21-8-4-5-11-28(21)22(18)12-17-6-2-1-3-7-17/h1-3,6-7,9-10,15,18,20-22,24H,4-5,8,11-14,16H2,(H,27,29)/t18-,20-,21-,22+,24-/m1/s1. The zero-order valence-corrected chi connectivity index (χ0v) is 18.2. The van der Waals surface area contributed by atoms with Crippen molar-refractivity contribution in [3.63, 3.8) is 0 Å². The average molecular weight is 435 g/mol. The van der Waals surface area contributed by atoms with Crippen molar-refractivity contribution in [1.29, 1.82) is 0 Å². The van der Waals surface area contributed by atoms with E-state index in [0.717, 1.165) is 12.8 Å². The van der Waals surface area contributed by atoms with Crippen molar-refractivity contribution in [3.8, 4) is 11.5 Å². The van der Waals surface area contributed by atoms with E-state index in [0.29, 0.717) is 41.1 Å². The summed E-state index contributed by atoms with van der Waals surface area (Å²) in [4.78, 5) is 15.5. The molecule has 1 N–H and O–H groups in total. The molecule has 3 aliphatic heterocycles. The van der Waals surface area contributed by atoms with Gasteiger partial charge in [0.25, 0.3) is 0 Å². The summed E-state index contributed by atoms with van der Waals surface area (Å²) in [6.07, 6.45) is 6.60. The van der Waals surface area contributed by atoms with Gasteiger partial charge in [0.15, 0.2) is 11.5 Å². The molecule has 2 bridgehead atoms. The fourth-order valence-corrected chi connectivity index (χ4v) is 6.45. The largest absolute Gasteiger partial charge is 0.454 e. The lowest BCUT2D eigenvalue weighted by Crippen LogP contribution is -2.55. The van der Waals surface area contributed by atoms with Crippen LogP contribution in [0.1, 0.15) is 37.7 Å². The van der Waals surface area contributed by atoms with Crippen LogP contribution >= 0.6 is 0 Å². The van der Waals surface area contributed by atoms with Gasteiger partial charge in [0.2, 0.25) is 6.79 Å². The van der Waals surface area contributed by atoms with Gasteiger partial charge in [-0.1, -0.05) is 36.8 Å². The van der Waals surface area contributed by atoms with Crippen LogP contribution in [-0.2, 0) is 11.2 Å². The molecule has 0 unspecified atom stereocenters. The Kier molecular flexibility index (Phi) is 5.18. The molecule has 0 spiro atoms. The number of hydrogen-bond donors (Lipinski definition) is 1. The van der Waals surface area contributed by atoms with Crippen LogP contribution in [-0.4, -0.2) is 42.5 Å². The lowest BCUT2D eigenvalue weighted by Gasteiger charge is -2.49. The van der Waals surface area contributed by atoms with E-state index in [1.54, 1.807) is 6.07 Å². The van der Waals surface area contributed by atoms with Crippen LogP contribution in [0.5, 0.6) is 11.5 Å². The smallest absolute Gasteiger partial charge is 0.411 e. The Labute approximate surface area is 188 Å². The topological polar surface area (TPSA) is 60.0 Å². The van der Waals surface area contributed by atoms with Crippen molar-refractivity contribution in [2.24, 2.45) is 11.8 Å². The molecule has 6 heteroatoms. The van der Waals surface area contributed by atoms with Crippen molar-refractivity contribution < 1.29 is 19.0 Å². The number of nitrogens with zero attached hydrogens (tertiary/aromatic N) is 1. The first-order valence-electron chi connectivity index (χ1n) is 11.9. The first-order valence-corrected chi connectivity index (χ1v) is 11.9. The molecular formula is C26H30N2O4. The maximum absolute atomic E-state index is 12.8. The Morgan fingerprint density at radius 1 is 1.06 bits per heavy atom. The summed E-state index contributed by atoms with van der Waals surface area (Å²) in [5.41, 5.74) is 2.08. The summed E-state index contributed by atoms with van der Waals surface area (Å²) in [6, 6.07) is 17.3. The van der Waals surface area contributed by atoms with Gasteiger partial charge in [-0.2, -0.15) is 0 Å². The van der Waals surface area contributed by atoms with Gasteiger partial charge in [0, 0.05) is 29.8 Å². The van der Waals surface area contributed by atoms with Gasteiger partial charge in [0.05, 0.1) is 0 Å². The molecule has 32 heavy (non-hydrogen) atoms. The van der Waals surface area contributed by atoms with Crippen molar-refractivity contribution >= 4 is 11.8 Å². The van der Waals surface area contributed by atoms with Crippen molar-refractivity contribution in [1.82, 2.24) is 4.90 Å². The van der Waals surface area contributed by atoms with Crippen LogP contribution in [0.25, 0.3) is 0 Å². The number of hydrogen-bond acceptors (Lipinski definition) is 5. The lowest BCUT2D eigenvalue weighted by molar-refractivity contribution is -0.0144. The lowest BCUT2D eigenvalue weighted by atomic mass is 9.79. The SMILES string of the molecule is O=C(Nc1ccc2c(c1)OCO2)O[C@@H]1C[C@H]2C[C@@H]1[C@H]1CCCCN1[C@H]2Cc1ccccc1. The molecule has 6 nitrogen and oxygen atoms in total. The molecule has 4 aliphatic rings. The molecule has 168 valence electrons. The fourth-order valence-electron chi connectivity index (χ4n) is 6.45. The number of benzene rings is 2. The number of nitrogens with one attached hydrogen (secondary N) is 1. The van der Waals surface area contributed by atoms with Gasteiger partial charge >= 0.3 is 6.09 Å². The second kappa shape index (κ2) is 8.32. The van der Waals surface area contributed by atoms with E-state index in [1.807, 2.05) is 12.1 Å². The van der Waals surface area contributed by atoms with Crippen LogP contribution in [0.3, 0.4) is 0 Å². The Morgan fingerprint density at radius 3 is 2.84 bits per heavy atom. The first-order chi connectivity index (χ1) is 15.7. The van der Waals surface area contributed by atoms with E-state index in [9.17, 15) is 4.79 Å². The average Bonchev–Trinajstić information content (AvgIpc) is 3.42. The highest BCUT2D eigenvalue weighted by molar-refractivity contribution is 5.85. The van der Waals surface area contributed by atoms with E-state index in [2.05, 4.69) is 40.5 Å². The number of anilines is 1. The van der Waals surface area contributed by atoms with Crippen molar-refractivity contribution in [3.05, 3.63) is 54.1 Å². The molecule has 3 fully saturated rings. The second-order valence-electron chi connectivity index (χ2n) is 9.59. The van der Waals surface area contributed by atoms with Crippen LogP contribution in [0.15, 0.2) is 48.5 Å². The molecule has 2 aromatic carbocycles. The minimum Gasteiger partial charge on any atom is -0.454 e. The number of carbonyl (C=O) groups excluding carboxylic acids is 1. The molecular weight excluding hydrogens is 404 g/mol. The van der Waals surface area contributed by atoms with Crippen LogP contribution < -0.4 is 14.8 Å². The summed E-state index contributed by atoms with van der Waals surface area (Å²) in [6.45, 7) is 1.39. The molecule has 5 atom stereocenters. The Hall–Kier alpha value is -2.73. The van der Waals surface area contributed by atoms with Gasteiger partial charge in [-0.15, -0.1) is 0 Å². The predicted molar refractivity (Wildman–Crippen MR) is 121 cm³/mol. The van der Waals surface area contributed by atoms with E-state index in [4.69, 9.17) is 14.2 Å². The number of carbonyl (C=O) groups is 1. The maximum atomic E-state index is 12.8. The number of fused-ring (bicyclic) bond motifs is 5. The van der Waals surface area contributed by atoms with E-state index in [1.165, 1.54) is 37.8 Å². The summed E-state index contributed by atoms with van der Waals surface area (Å²) in [5, 5.41) is 2.89. The third-order valence-corrected chi connectivity index (χ3v) is 7.81. The maximum Gasteiger partial charge on any atom is 0.411 e. The predicted octanol–water partition coefficient (Wildman–Crippen LogP) is 4.84. The first kappa shape index (κ1) is 19.9. The van der Waals surface area contributed by atoms with E-state index < -0.39 is 0 Å². The quantitative estimate of drug-likeness (QED) is 0.746. The number of rotatable bonds is 4. The molecule has 0 aromatic heterocycles. The summed E-state index contributed by atoms with van der Waals surface area (Å²) >= 11 is 0. The highest BCUT2D eigenvalue weighted by atomic mass is 16.7. The van der Waals surface area contributed by atoms with Gasteiger partial charge in [-0.25, -0.2) is 4.79 Å². The van der Waals surface area contributed by atoms with Crippen LogP contribution in [0, 0.1) is 11.8 Å². The van der Waals surface area contributed by atoms with E-state index in [-0.39, 0.29) is 19.0 Å². The molecule has 2 aromatic rings. The number of amides is 1. The summed E-state index contributed by atoms with van der Waals surface area (Å²) in [5.74, 6) is 2.38. The Morgan fingerprint density at radius 2 is 1.94 bits per heavy atom. The molecule has 3 heterocycles. The minimum absolute atomic E-state index is 0.0135. The van der Waals surface area contributed by atoms with Crippen molar-refractivity contribution in [2.75, 3.05) is 18.7 Å². The van der Waals surface area contributed by atoms with Gasteiger partial charge in [-0.3, -0.25) is 10.2 Å².